The Morgan fingerprint density at radius 3 is 2.68 bits per heavy atom. The molecule has 2 aromatic carbocycles. The molecule has 1 aliphatic carbocycles. The topological polar surface area (TPSA) is 33.2 Å². The zero-order chi connectivity index (χ0) is 17.1. The van der Waals surface area contributed by atoms with E-state index in [1.807, 2.05) is 35.7 Å². The molecule has 25 heavy (non-hydrogen) atoms. The molecule has 1 aromatic heterocycles. The molecule has 3 nitrogen and oxygen atoms in total. The van der Waals surface area contributed by atoms with E-state index in [1.165, 1.54) is 35.3 Å². The average molecular weight is 348 g/mol. The second kappa shape index (κ2) is 7.19. The number of carbonyl (C=O) groups excluding carboxylic acids is 1. The van der Waals surface area contributed by atoms with Crippen molar-refractivity contribution in [3.63, 3.8) is 0 Å². The lowest BCUT2D eigenvalue weighted by atomic mass is 10.0. The van der Waals surface area contributed by atoms with E-state index in [2.05, 4.69) is 23.2 Å². The Hall–Kier alpha value is -2.46. The van der Waals surface area contributed by atoms with Gasteiger partial charge in [-0.3, -0.25) is 9.69 Å². The highest BCUT2D eigenvalue weighted by molar-refractivity contribution is 7.13. The Morgan fingerprint density at radius 2 is 1.88 bits per heavy atom. The van der Waals surface area contributed by atoms with Gasteiger partial charge >= 0.3 is 0 Å². The van der Waals surface area contributed by atoms with Gasteiger partial charge in [0.2, 0.25) is 5.91 Å². The Kier molecular flexibility index (Phi) is 4.61. The Labute approximate surface area is 152 Å². The molecule has 0 atom stereocenters. The molecule has 0 bridgehead atoms. The highest BCUT2D eigenvalue weighted by atomic mass is 32.1. The Bertz CT molecular complexity index is 859. The van der Waals surface area contributed by atoms with Crippen LogP contribution < -0.4 is 4.90 Å². The van der Waals surface area contributed by atoms with Crippen molar-refractivity contribution in [3.05, 3.63) is 82.4 Å². The minimum atomic E-state index is 0.0942. The fraction of sp³-hybridized carbons (Fsp3) is 0.238. The number of aromatic nitrogens is 1. The first kappa shape index (κ1) is 16.0. The van der Waals surface area contributed by atoms with Gasteiger partial charge in [-0.1, -0.05) is 48.5 Å². The maximum absolute atomic E-state index is 13.0. The first-order chi connectivity index (χ1) is 12.3. The van der Waals surface area contributed by atoms with Crippen LogP contribution in [0.5, 0.6) is 0 Å². The number of rotatable bonds is 5. The predicted molar refractivity (Wildman–Crippen MR) is 102 cm³/mol. The molecule has 4 rings (SSSR count). The summed E-state index contributed by atoms with van der Waals surface area (Å²) in [5.41, 5.74) is 5.06. The van der Waals surface area contributed by atoms with Gasteiger partial charge in [0.15, 0.2) is 5.13 Å². The normalized spacial score (nSPS) is 12.8. The molecule has 1 aliphatic rings. The minimum absolute atomic E-state index is 0.0942. The third-order valence-corrected chi connectivity index (χ3v) is 5.45. The smallest absolute Gasteiger partial charge is 0.233 e. The van der Waals surface area contributed by atoms with Crippen LogP contribution in [0.4, 0.5) is 5.13 Å². The summed E-state index contributed by atoms with van der Waals surface area (Å²) in [7, 11) is 0. The summed E-state index contributed by atoms with van der Waals surface area (Å²) in [5.74, 6) is 0.0942. The number of nitrogens with zero attached hydrogens (tertiary/aromatic N) is 2. The summed E-state index contributed by atoms with van der Waals surface area (Å²) in [6.07, 6.45) is 5.70. The maximum atomic E-state index is 13.0. The number of aryl methyl sites for hydroxylation is 2. The predicted octanol–water partition coefficient (Wildman–Crippen LogP) is 4.41. The van der Waals surface area contributed by atoms with E-state index in [4.69, 9.17) is 0 Å². The van der Waals surface area contributed by atoms with Crippen LogP contribution >= 0.6 is 11.3 Å². The number of hydrogen-bond acceptors (Lipinski definition) is 3. The van der Waals surface area contributed by atoms with Crippen molar-refractivity contribution in [1.29, 1.82) is 0 Å². The third-order valence-electron chi connectivity index (χ3n) is 4.65. The lowest BCUT2D eigenvalue weighted by molar-refractivity contribution is -0.118. The van der Waals surface area contributed by atoms with Gasteiger partial charge in [-0.25, -0.2) is 4.98 Å². The number of thiazole rings is 1. The zero-order valence-corrected chi connectivity index (χ0v) is 14.8. The minimum Gasteiger partial charge on any atom is -0.283 e. The van der Waals surface area contributed by atoms with Crippen molar-refractivity contribution >= 4 is 22.4 Å². The van der Waals surface area contributed by atoms with Crippen LogP contribution in [0.3, 0.4) is 0 Å². The van der Waals surface area contributed by atoms with E-state index in [-0.39, 0.29) is 5.91 Å². The molecule has 0 fully saturated rings. The average Bonchev–Trinajstić information content (AvgIpc) is 3.31. The number of fused-ring (bicyclic) bond motifs is 1. The van der Waals surface area contributed by atoms with Crippen molar-refractivity contribution in [2.24, 2.45) is 0 Å². The molecule has 0 N–H and O–H groups in total. The molecule has 126 valence electrons. The van der Waals surface area contributed by atoms with Gasteiger partial charge < -0.3 is 0 Å². The van der Waals surface area contributed by atoms with Gasteiger partial charge in [0.05, 0.1) is 13.0 Å². The van der Waals surface area contributed by atoms with E-state index in [9.17, 15) is 4.79 Å². The van der Waals surface area contributed by atoms with Gasteiger partial charge in [-0.2, -0.15) is 0 Å². The Morgan fingerprint density at radius 1 is 1.04 bits per heavy atom. The molecule has 4 heteroatoms. The molecule has 0 radical (unpaired) electrons. The van der Waals surface area contributed by atoms with Crippen LogP contribution in [-0.4, -0.2) is 10.9 Å². The summed E-state index contributed by atoms with van der Waals surface area (Å²) < 4.78 is 0. The van der Waals surface area contributed by atoms with E-state index in [0.717, 1.165) is 22.7 Å². The quantitative estimate of drug-likeness (QED) is 0.684. The van der Waals surface area contributed by atoms with Crippen molar-refractivity contribution in [2.45, 2.75) is 32.2 Å². The standard InChI is InChI=1S/C21H20N2OS/c24-20(14-17-9-10-18-7-4-8-19(18)13-17)23(21-22-11-12-25-21)15-16-5-2-1-3-6-16/h1-3,5-6,9-13H,4,7-8,14-15H2. The van der Waals surface area contributed by atoms with Crippen LogP contribution in [-0.2, 0) is 30.6 Å². The van der Waals surface area contributed by atoms with Crippen LogP contribution in [0.2, 0.25) is 0 Å². The maximum Gasteiger partial charge on any atom is 0.233 e. The molecule has 3 aromatic rings. The van der Waals surface area contributed by atoms with Gasteiger partial charge in [0.25, 0.3) is 0 Å². The van der Waals surface area contributed by atoms with E-state index >= 15 is 0 Å². The van der Waals surface area contributed by atoms with E-state index in [1.54, 1.807) is 11.1 Å². The molecule has 0 spiro atoms. The number of amides is 1. The third kappa shape index (κ3) is 3.64. The van der Waals surface area contributed by atoms with Crippen LogP contribution in [0.25, 0.3) is 0 Å². The molecule has 0 aliphatic heterocycles. The largest absolute Gasteiger partial charge is 0.283 e. The van der Waals surface area contributed by atoms with Crippen molar-refractivity contribution in [1.82, 2.24) is 4.98 Å². The van der Waals surface area contributed by atoms with Crippen LogP contribution in [0.1, 0.15) is 28.7 Å². The van der Waals surface area contributed by atoms with Crippen LogP contribution in [0, 0.1) is 0 Å². The summed E-state index contributed by atoms with van der Waals surface area (Å²) in [4.78, 5) is 19.2. The van der Waals surface area contributed by atoms with E-state index in [0.29, 0.717) is 13.0 Å². The van der Waals surface area contributed by atoms with Gasteiger partial charge in [0.1, 0.15) is 0 Å². The first-order valence-corrected chi connectivity index (χ1v) is 9.52. The van der Waals surface area contributed by atoms with Crippen LogP contribution in [0.15, 0.2) is 60.1 Å². The summed E-state index contributed by atoms with van der Waals surface area (Å²) in [5, 5.41) is 2.67. The van der Waals surface area contributed by atoms with Crippen molar-refractivity contribution in [2.75, 3.05) is 4.90 Å². The van der Waals surface area contributed by atoms with E-state index < -0.39 is 0 Å². The Balaban J connectivity index is 1.55. The fourth-order valence-electron chi connectivity index (χ4n) is 3.38. The highest BCUT2D eigenvalue weighted by Crippen LogP contribution is 2.25. The SMILES string of the molecule is O=C(Cc1ccc2c(c1)CCC2)N(Cc1ccccc1)c1nccs1. The van der Waals surface area contributed by atoms with Crippen molar-refractivity contribution in [3.8, 4) is 0 Å². The van der Waals surface area contributed by atoms with Gasteiger partial charge in [0, 0.05) is 11.6 Å². The second-order valence-electron chi connectivity index (χ2n) is 6.41. The monoisotopic (exact) mass is 348 g/mol. The first-order valence-electron chi connectivity index (χ1n) is 8.64. The summed E-state index contributed by atoms with van der Waals surface area (Å²) in [6.45, 7) is 0.554. The molecule has 1 amide bonds. The molecular weight excluding hydrogens is 328 g/mol. The van der Waals surface area contributed by atoms with Crippen molar-refractivity contribution < 1.29 is 4.79 Å². The molecular formula is C21H20N2OS. The molecule has 1 heterocycles. The molecule has 0 unspecified atom stereocenters. The number of benzene rings is 2. The van der Waals surface area contributed by atoms with Gasteiger partial charge in [-0.15, -0.1) is 11.3 Å². The summed E-state index contributed by atoms with van der Waals surface area (Å²) >= 11 is 1.50. The van der Waals surface area contributed by atoms with Gasteiger partial charge in [-0.05, 0) is 41.5 Å². The fourth-order valence-corrected chi connectivity index (χ4v) is 4.04. The number of carbonyl (C=O) groups is 1. The number of anilines is 1. The molecule has 0 saturated heterocycles. The lowest BCUT2D eigenvalue weighted by Gasteiger charge is -2.20. The summed E-state index contributed by atoms with van der Waals surface area (Å²) in [6, 6.07) is 16.6. The lowest BCUT2D eigenvalue weighted by Crippen LogP contribution is -2.31. The second-order valence-corrected chi connectivity index (χ2v) is 7.29. The zero-order valence-electron chi connectivity index (χ0n) is 14.0. The molecule has 0 saturated carbocycles. The highest BCUT2D eigenvalue weighted by Gasteiger charge is 2.20. The number of hydrogen-bond donors (Lipinski definition) is 0.